The Labute approximate surface area is 70.2 Å². The first-order valence-corrected chi connectivity index (χ1v) is 3.38. The fraction of sp³-hybridized carbons (Fsp3) is 0.667. The summed E-state index contributed by atoms with van der Waals surface area (Å²) < 4.78 is 0. The van der Waals surface area contributed by atoms with Gasteiger partial charge in [-0.15, -0.1) is 0 Å². The van der Waals surface area contributed by atoms with E-state index in [2.05, 4.69) is 0 Å². The van der Waals surface area contributed by atoms with Crippen LogP contribution in [0.2, 0.25) is 0 Å². The Bertz CT molecular complexity index is 122. The number of hydrogen-bond acceptors (Lipinski definition) is 4. The van der Waals surface area contributed by atoms with E-state index in [0.29, 0.717) is 0 Å². The van der Waals surface area contributed by atoms with Crippen molar-refractivity contribution in [3.05, 3.63) is 0 Å². The lowest BCUT2D eigenvalue weighted by Gasteiger charge is -1.80. The third-order valence-electron chi connectivity index (χ3n) is 0.716. The molecule has 0 aromatic rings. The van der Waals surface area contributed by atoms with Crippen LogP contribution in [0.4, 0.5) is 0 Å². The molecule has 6 heteroatoms. The normalized spacial score (nSPS) is 8.17. The molecule has 0 rings (SSSR count). The van der Waals surface area contributed by atoms with Crippen molar-refractivity contribution < 1.29 is 19.8 Å². The summed E-state index contributed by atoms with van der Waals surface area (Å²) in [5.74, 6) is -1.67. The second kappa shape index (κ2) is 9.86. The summed E-state index contributed by atoms with van der Waals surface area (Å²) in [5, 5.41) is 15.7. The Morgan fingerprint density at radius 2 is 1.17 bits per heavy atom. The summed E-state index contributed by atoms with van der Waals surface area (Å²) in [6, 6.07) is 0. The van der Waals surface area contributed by atoms with Crippen LogP contribution in [-0.2, 0) is 9.59 Å². The zero-order valence-corrected chi connectivity index (χ0v) is 6.69. The number of carboxylic acid groups (broad SMARTS) is 2. The number of carboxylic acids is 2. The van der Waals surface area contributed by atoms with Crippen molar-refractivity contribution in [2.75, 3.05) is 13.1 Å². The molecule has 0 radical (unpaired) electrons. The summed E-state index contributed by atoms with van der Waals surface area (Å²) in [5.41, 5.74) is 9.70. The number of aliphatic carboxylic acids is 2. The lowest BCUT2D eigenvalue weighted by molar-refractivity contribution is -0.137. The maximum Gasteiger partial charge on any atom is 0.304 e. The zero-order chi connectivity index (χ0) is 9.98. The van der Waals surface area contributed by atoms with Crippen LogP contribution in [0.25, 0.3) is 0 Å². The van der Waals surface area contributed by atoms with Crippen LogP contribution < -0.4 is 11.5 Å². The van der Waals surface area contributed by atoms with Gasteiger partial charge in [0.1, 0.15) is 0 Å². The molecular weight excluding hydrogens is 164 g/mol. The summed E-state index contributed by atoms with van der Waals surface area (Å²) in [6.07, 6.45) is 0.139. The lowest BCUT2D eigenvalue weighted by atomic mass is 10.5. The van der Waals surface area contributed by atoms with Gasteiger partial charge in [0.2, 0.25) is 0 Å². The third-order valence-corrected chi connectivity index (χ3v) is 0.716. The van der Waals surface area contributed by atoms with Gasteiger partial charge in [0.15, 0.2) is 0 Å². The topological polar surface area (TPSA) is 127 Å². The first-order chi connectivity index (χ1) is 5.54. The SMILES string of the molecule is NCCC(=O)O.NCCC(=O)O. The predicted octanol–water partition coefficient (Wildman–Crippen LogP) is -1.16. The van der Waals surface area contributed by atoms with Crippen LogP contribution >= 0.6 is 0 Å². The highest BCUT2D eigenvalue weighted by Crippen LogP contribution is 1.68. The molecule has 0 saturated carbocycles. The molecule has 0 amide bonds. The Morgan fingerprint density at radius 1 is 0.917 bits per heavy atom. The van der Waals surface area contributed by atoms with E-state index in [4.69, 9.17) is 21.7 Å². The molecule has 0 saturated heterocycles. The van der Waals surface area contributed by atoms with Gasteiger partial charge in [0.25, 0.3) is 0 Å². The maximum atomic E-state index is 9.52. The standard InChI is InChI=1S/2C3H7NO2/c2*4-2-1-3(5)6/h2*1-2,4H2,(H,5,6). The highest BCUT2D eigenvalue weighted by molar-refractivity contribution is 5.67. The molecule has 0 fully saturated rings. The smallest absolute Gasteiger partial charge is 0.304 e. The summed E-state index contributed by atoms with van der Waals surface area (Å²) in [6.45, 7) is 0.463. The van der Waals surface area contributed by atoms with Crippen LogP contribution in [-0.4, -0.2) is 35.2 Å². The Kier molecular flexibility index (Phi) is 11.1. The van der Waals surface area contributed by atoms with E-state index >= 15 is 0 Å². The van der Waals surface area contributed by atoms with Crippen molar-refractivity contribution in [1.29, 1.82) is 0 Å². The van der Waals surface area contributed by atoms with Gasteiger partial charge >= 0.3 is 11.9 Å². The second-order valence-electron chi connectivity index (χ2n) is 1.86. The van der Waals surface area contributed by atoms with E-state index in [9.17, 15) is 9.59 Å². The van der Waals surface area contributed by atoms with Crippen molar-refractivity contribution in [3.63, 3.8) is 0 Å². The fourth-order valence-electron chi connectivity index (χ4n) is 0.247. The quantitative estimate of drug-likeness (QED) is 0.430. The molecule has 12 heavy (non-hydrogen) atoms. The number of hydrogen-bond donors (Lipinski definition) is 4. The fourth-order valence-corrected chi connectivity index (χ4v) is 0.247. The zero-order valence-electron chi connectivity index (χ0n) is 6.69. The molecule has 0 spiro atoms. The number of rotatable bonds is 4. The molecule has 6 nitrogen and oxygen atoms in total. The highest BCUT2D eigenvalue weighted by atomic mass is 16.4. The van der Waals surface area contributed by atoms with Gasteiger partial charge < -0.3 is 21.7 Å². The predicted molar refractivity (Wildman–Crippen MR) is 42.6 cm³/mol. The molecular formula is C6H14N2O4. The van der Waals surface area contributed by atoms with E-state index in [0.717, 1.165) is 0 Å². The first kappa shape index (κ1) is 13.4. The van der Waals surface area contributed by atoms with Crippen molar-refractivity contribution in [2.24, 2.45) is 11.5 Å². The number of carbonyl (C=O) groups is 2. The van der Waals surface area contributed by atoms with E-state index in [-0.39, 0.29) is 25.9 Å². The van der Waals surface area contributed by atoms with Crippen LogP contribution in [0.3, 0.4) is 0 Å². The lowest BCUT2D eigenvalue weighted by Crippen LogP contribution is -2.05. The molecule has 0 atom stereocenters. The minimum absolute atomic E-state index is 0.0694. The van der Waals surface area contributed by atoms with Crippen LogP contribution in [0.15, 0.2) is 0 Å². The van der Waals surface area contributed by atoms with Crippen molar-refractivity contribution in [1.82, 2.24) is 0 Å². The van der Waals surface area contributed by atoms with Gasteiger partial charge in [-0.05, 0) is 0 Å². The minimum atomic E-state index is -0.836. The Balaban J connectivity index is 0. The van der Waals surface area contributed by atoms with Gasteiger partial charge in [-0.3, -0.25) is 9.59 Å². The average molecular weight is 178 g/mol. The molecule has 0 heterocycles. The van der Waals surface area contributed by atoms with E-state index in [1.807, 2.05) is 0 Å². The molecule has 0 aromatic carbocycles. The molecule has 0 bridgehead atoms. The first-order valence-electron chi connectivity index (χ1n) is 3.38. The molecule has 0 unspecified atom stereocenters. The van der Waals surface area contributed by atoms with Gasteiger partial charge in [0.05, 0.1) is 12.8 Å². The van der Waals surface area contributed by atoms with Crippen LogP contribution in [0.1, 0.15) is 12.8 Å². The molecule has 72 valence electrons. The summed E-state index contributed by atoms with van der Waals surface area (Å²) in [7, 11) is 0. The maximum absolute atomic E-state index is 9.52. The van der Waals surface area contributed by atoms with Gasteiger partial charge in [-0.1, -0.05) is 0 Å². The largest absolute Gasteiger partial charge is 0.481 e. The second-order valence-corrected chi connectivity index (χ2v) is 1.86. The van der Waals surface area contributed by atoms with Crippen LogP contribution in [0, 0.1) is 0 Å². The molecule has 0 aromatic heterocycles. The van der Waals surface area contributed by atoms with Crippen molar-refractivity contribution in [3.8, 4) is 0 Å². The Hall–Kier alpha value is -1.14. The molecule has 6 N–H and O–H groups in total. The van der Waals surface area contributed by atoms with Gasteiger partial charge in [-0.2, -0.15) is 0 Å². The minimum Gasteiger partial charge on any atom is -0.481 e. The molecule has 0 aliphatic carbocycles. The summed E-state index contributed by atoms with van der Waals surface area (Å²) >= 11 is 0. The third kappa shape index (κ3) is 23.2. The highest BCUT2D eigenvalue weighted by Gasteiger charge is 1.88. The van der Waals surface area contributed by atoms with Gasteiger partial charge in [-0.25, -0.2) is 0 Å². The monoisotopic (exact) mass is 178 g/mol. The molecule has 0 aliphatic heterocycles. The summed E-state index contributed by atoms with van der Waals surface area (Å²) in [4.78, 5) is 19.0. The average Bonchev–Trinajstić information content (AvgIpc) is 1.87. The Morgan fingerprint density at radius 3 is 1.17 bits per heavy atom. The van der Waals surface area contributed by atoms with E-state index in [1.54, 1.807) is 0 Å². The number of nitrogens with two attached hydrogens (primary N) is 2. The molecule has 0 aliphatic rings. The van der Waals surface area contributed by atoms with Crippen LogP contribution in [0.5, 0.6) is 0 Å². The van der Waals surface area contributed by atoms with Crippen molar-refractivity contribution >= 4 is 11.9 Å². The van der Waals surface area contributed by atoms with E-state index < -0.39 is 11.9 Å². The van der Waals surface area contributed by atoms with Crippen molar-refractivity contribution in [2.45, 2.75) is 12.8 Å². The van der Waals surface area contributed by atoms with E-state index in [1.165, 1.54) is 0 Å². The van der Waals surface area contributed by atoms with Gasteiger partial charge in [0, 0.05) is 13.1 Å².